The summed E-state index contributed by atoms with van der Waals surface area (Å²) in [6.07, 6.45) is 0. The van der Waals surface area contributed by atoms with Gasteiger partial charge in [-0.3, -0.25) is 0 Å². The number of phenolic OH excluding ortho intramolecular Hbond substituents is 1. The van der Waals surface area contributed by atoms with E-state index in [0.717, 1.165) is 17.1 Å². The molecule has 2 rings (SSSR count). The van der Waals surface area contributed by atoms with Crippen LogP contribution in [0.1, 0.15) is 5.56 Å². The molecule has 1 N–H and O–H groups in total. The summed E-state index contributed by atoms with van der Waals surface area (Å²) in [5, 5.41) is 9.45. The Morgan fingerprint density at radius 3 is 2.05 bits per heavy atom. The van der Waals surface area contributed by atoms with Crippen molar-refractivity contribution in [3.63, 3.8) is 0 Å². The predicted octanol–water partition coefficient (Wildman–Crippen LogP) is 3.17. The van der Waals surface area contributed by atoms with Gasteiger partial charge >= 0.3 is 0 Å². The number of methoxy groups -OCH3 is 1. The number of aromatic hydroxyl groups is 1. The molecular formula is C16H18O4. The van der Waals surface area contributed by atoms with Gasteiger partial charge in [0.05, 0.1) is 7.11 Å². The van der Waals surface area contributed by atoms with E-state index in [1.54, 1.807) is 19.2 Å². The third kappa shape index (κ3) is 4.09. The van der Waals surface area contributed by atoms with Crippen molar-refractivity contribution in [1.29, 1.82) is 0 Å². The summed E-state index contributed by atoms with van der Waals surface area (Å²) in [6.45, 7) is 2.75. The molecule has 0 aliphatic heterocycles. The van der Waals surface area contributed by atoms with Gasteiger partial charge in [0, 0.05) is 6.07 Å². The normalized spacial score (nSPS) is 10.1. The fraction of sp³-hybridized carbons (Fsp3) is 0.250. The molecule has 0 amide bonds. The molecule has 106 valence electrons. The Kier molecular flexibility index (Phi) is 4.71. The predicted molar refractivity (Wildman–Crippen MR) is 76.8 cm³/mol. The smallest absolute Gasteiger partial charge is 0.123 e. The maximum Gasteiger partial charge on any atom is 0.123 e. The highest BCUT2D eigenvalue weighted by Crippen LogP contribution is 2.21. The monoisotopic (exact) mass is 274 g/mol. The zero-order valence-corrected chi connectivity index (χ0v) is 11.6. The number of aryl methyl sites for hydroxylation is 1. The lowest BCUT2D eigenvalue weighted by atomic mass is 10.2. The van der Waals surface area contributed by atoms with E-state index in [4.69, 9.17) is 14.2 Å². The third-order valence-electron chi connectivity index (χ3n) is 2.72. The van der Waals surface area contributed by atoms with Crippen LogP contribution < -0.4 is 14.2 Å². The second-order valence-electron chi connectivity index (χ2n) is 4.38. The second kappa shape index (κ2) is 6.70. The molecule has 0 atom stereocenters. The first-order valence-corrected chi connectivity index (χ1v) is 6.37. The van der Waals surface area contributed by atoms with Gasteiger partial charge in [-0.05, 0) is 48.9 Å². The Hall–Kier alpha value is -2.36. The lowest BCUT2D eigenvalue weighted by molar-refractivity contribution is 0.216. The molecule has 0 unspecified atom stereocenters. The lowest BCUT2D eigenvalue weighted by Crippen LogP contribution is -2.09. The van der Waals surface area contributed by atoms with Gasteiger partial charge in [-0.2, -0.15) is 0 Å². The van der Waals surface area contributed by atoms with Gasteiger partial charge in [0.1, 0.15) is 36.2 Å². The van der Waals surface area contributed by atoms with Crippen molar-refractivity contribution in [2.24, 2.45) is 0 Å². The molecule has 0 saturated heterocycles. The molecule has 0 spiro atoms. The van der Waals surface area contributed by atoms with Crippen molar-refractivity contribution in [1.82, 2.24) is 0 Å². The van der Waals surface area contributed by atoms with Crippen molar-refractivity contribution in [2.75, 3.05) is 20.3 Å². The Balaban J connectivity index is 1.78. The first-order chi connectivity index (χ1) is 9.67. The molecule has 4 nitrogen and oxygen atoms in total. The molecular weight excluding hydrogens is 256 g/mol. The molecule has 0 fully saturated rings. The number of ether oxygens (including phenoxy) is 3. The highest BCUT2D eigenvalue weighted by molar-refractivity contribution is 5.36. The molecule has 0 aromatic heterocycles. The van der Waals surface area contributed by atoms with E-state index < -0.39 is 0 Å². The standard InChI is InChI=1S/C16H18O4/c1-12-9-13(17)11-16(10-12)20-8-7-19-15-5-3-14(18-2)4-6-15/h3-6,9-11,17H,7-8H2,1-2H3. The molecule has 0 heterocycles. The number of benzene rings is 2. The Bertz CT molecular complexity index is 529. The number of hydrogen-bond acceptors (Lipinski definition) is 4. The number of rotatable bonds is 6. The Morgan fingerprint density at radius 2 is 1.45 bits per heavy atom. The third-order valence-corrected chi connectivity index (χ3v) is 2.72. The summed E-state index contributed by atoms with van der Waals surface area (Å²) in [5.74, 6) is 2.40. The summed E-state index contributed by atoms with van der Waals surface area (Å²) in [6, 6.07) is 12.5. The van der Waals surface area contributed by atoms with Crippen LogP contribution in [0, 0.1) is 6.92 Å². The summed E-state index contributed by atoms with van der Waals surface area (Å²) in [4.78, 5) is 0. The fourth-order valence-corrected chi connectivity index (χ4v) is 1.80. The van der Waals surface area contributed by atoms with Crippen molar-refractivity contribution < 1.29 is 19.3 Å². The van der Waals surface area contributed by atoms with Crippen molar-refractivity contribution in [3.8, 4) is 23.0 Å². The zero-order chi connectivity index (χ0) is 14.4. The molecule has 2 aromatic carbocycles. The van der Waals surface area contributed by atoms with Crippen LogP contribution in [-0.4, -0.2) is 25.4 Å². The van der Waals surface area contributed by atoms with E-state index in [9.17, 15) is 5.11 Å². The Labute approximate surface area is 118 Å². The minimum Gasteiger partial charge on any atom is -0.508 e. The second-order valence-corrected chi connectivity index (χ2v) is 4.38. The van der Waals surface area contributed by atoms with Crippen LogP contribution in [0.2, 0.25) is 0 Å². The molecule has 2 aromatic rings. The summed E-state index contributed by atoms with van der Waals surface area (Å²) in [7, 11) is 1.63. The average molecular weight is 274 g/mol. The van der Waals surface area contributed by atoms with Gasteiger partial charge in [0.25, 0.3) is 0 Å². The molecule has 0 bridgehead atoms. The van der Waals surface area contributed by atoms with Crippen molar-refractivity contribution in [2.45, 2.75) is 6.92 Å². The minimum atomic E-state index is 0.205. The van der Waals surface area contributed by atoms with Gasteiger partial charge in [-0.15, -0.1) is 0 Å². The quantitative estimate of drug-likeness (QED) is 0.822. The highest BCUT2D eigenvalue weighted by Gasteiger charge is 1.99. The maximum atomic E-state index is 9.45. The van der Waals surface area contributed by atoms with E-state index in [2.05, 4.69) is 0 Å². The summed E-state index contributed by atoms with van der Waals surface area (Å²) in [5.41, 5.74) is 0.955. The van der Waals surface area contributed by atoms with Crippen LogP contribution in [0.25, 0.3) is 0 Å². The van der Waals surface area contributed by atoms with Gasteiger partial charge in [0.2, 0.25) is 0 Å². The van der Waals surface area contributed by atoms with E-state index in [1.807, 2.05) is 37.3 Å². The van der Waals surface area contributed by atoms with Gasteiger partial charge in [-0.25, -0.2) is 0 Å². The minimum absolute atomic E-state index is 0.205. The first kappa shape index (κ1) is 14.1. The molecule has 0 saturated carbocycles. The van der Waals surface area contributed by atoms with Crippen LogP contribution in [0.5, 0.6) is 23.0 Å². The molecule has 0 aliphatic rings. The number of hydrogen-bond donors (Lipinski definition) is 1. The average Bonchev–Trinajstić information content (AvgIpc) is 2.43. The Morgan fingerprint density at radius 1 is 0.850 bits per heavy atom. The topological polar surface area (TPSA) is 47.9 Å². The van der Waals surface area contributed by atoms with E-state index in [0.29, 0.717) is 19.0 Å². The fourth-order valence-electron chi connectivity index (χ4n) is 1.80. The molecule has 20 heavy (non-hydrogen) atoms. The summed E-state index contributed by atoms with van der Waals surface area (Å²) >= 11 is 0. The van der Waals surface area contributed by atoms with E-state index in [-0.39, 0.29) is 5.75 Å². The number of phenols is 1. The van der Waals surface area contributed by atoms with Crippen LogP contribution >= 0.6 is 0 Å². The van der Waals surface area contributed by atoms with Crippen LogP contribution in [0.15, 0.2) is 42.5 Å². The maximum absolute atomic E-state index is 9.45. The lowest BCUT2D eigenvalue weighted by Gasteiger charge is -2.09. The first-order valence-electron chi connectivity index (χ1n) is 6.37. The van der Waals surface area contributed by atoms with Crippen LogP contribution in [-0.2, 0) is 0 Å². The van der Waals surface area contributed by atoms with Crippen molar-refractivity contribution >= 4 is 0 Å². The highest BCUT2D eigenvalue weighted by atomic mass is 16.5. The largest absolute Gasteiger partial charge is 0.508 e. The zero-order valence-electron chi connectivity index (χ0n) is 11.6. The molecule has 0 radical (unpaired) electrons. The molecule has 0 aliphatic carbocycles. The van der Waals surface area contributed by atoms with Crippen molar-refractivity contribution in [3.05, 3.63) is 48.0 Å². The summed E-state index contributed by atoms with van der Waals surface area (Å²) < 4.78 is 16.1. The van der Waals surface area contributed by atoms with Gasteiger partial charge in [0.15, 0.2) is 0 Å². The van der Waals surface area contributed by atoms with E-state index >= 15 is 0 Å². The van der Waals surface area contributed by atoms with E-state index in [1.165, 1.54) is 0 Å². The molecule has 4 heteroatoms. The van der Waals surface area contributed by atoms with Crippen LogP contribution in [0.4, 0.5) is 0 Å². The SMILES string of the molecule is COc1ccc(OCCOc2cc(C)cc(O)c2)cc1. The van der Waals surface area contributed by atoms with Crippen LogP contribution in [0.3, 0.4) is 0 Å². The van der Waals surface area contributed by atoms with Gasteiger partial charge in [-0.1, -0.05) is 0 Å². The van der Waals surface area contributed by atoms with Gasteiger partial charge < -0.3 is 19.3 Å².